The predicted octanol–water partition coefficient (Wildman–Crippen LogP) is 3.47. The quantitative estimate of drug-likeness (QED) is 0.568. The van der Waals surface area contributed by atoms with Crippen molar-refractivity contribution in [3.8, 4) is 0 Å². The van der Waals surface area contributed by atoms with Crippen LogP contribution < -0.4 is 0 Å². The van der Waals surface area contributed by atoms with Crippen LogP contribution in [-0.4, -0.2) is 0 Å². The van der Waals surface area contributed by atoms with Crippen LogP contribution in [0.1, 0.15) is 46.0 Å². The standard InChI is InChI=1S/C11H20/c1-3-5-9-8(2)10-6-4-7-11(9)10/h8-11H,3-7H2,1-2H3. The molecule has 0 heteroatoms. The van der Waals surface area contributed by atoms with Crippen LogP contribution in [0.3, 0.4) is 0 Å². The largest absolute Gasteiger partial charge is 0.0654 e. The van der Waals surface area contributed by atoms with E-state index in [-0.39, 0.29) is 0 Å². The van der Waals surface area contributed by atoms with Gasteiger partial charge in [0.1, 0.15) is 0 Å². The molecule has 0 saturated heterocycles. The molecule has 4 atom stereocenters. The first-order valence-corrected chi connectivity index (χ1v) is 5.34. The maximum absolute atomic E-state index is 2.48. The molecule has 0 amide bonds. The molecule has 11 heavy (non-hydrogen) atoms. The van der Waals surface area contributed by atoms with Gasteiger partial charge in [0.25, 0.3) is 0 Å². The minimum atomic E-state index is 1.07. The molecule has 2 aliphatic carbocycles. The first-order valence-electron chi connectivity index (χ1n) is 5.34. The molecule has 0 heterocycles. The summed E-state index contributed by atoms with van der Waals surface area (Å²) in [5.41, 5.74) is 0. The summed E-state index contributed by atoms with van der Waals surface area (Å²) in [5, 5.41) is 0. The molecule has 0 radical (unpaired) electrons. The van der Waals surface area contributed by atoms with Crippen LogP contribution >= 0.6 is 0 Å². The summed E-state index contributed by atoms with van der Waals surface area (Å²) < 4.78 is 0. The van der Waals surface area contributed by atoms with Gasteiger partial charge in [0, 0.05) is 0 Å². The zero-order valence-corrected chi connectivity index (χ0v) is 7.84. The molecule has 0 spiro atoms. The molecule has 0 nitrogen and oxygen atoms in total. The molecule has 64 valence electrons. The van der Waals surface area contributed by atoms with E-state index < -0.39 is 0 Å². The maximum atomic E-state index is 2.48. The van der Waals surface area contributed by atoms with Gasteiger partial charge in [-0.25, -0.2) is 0 Å². The monoisotopic (exact) mass is 152 g/mol. The van der Waals surface area contributed by atoms with Gasteiger partial charge in [-0.15, -0.1) is 0 Å². The summed E-state index contributed by atoms with van der Waals surface area (Å²) in [7, 11) is 0. The van der Waals surface area contributed by atoms with Crippen LogP contribution in [0.15, 0.2) is 0 Å². The molecule has 0 aliphatic heterocycles. The van der Waals surface area contributed by atoms with Crippen molar-refractivity contribution in [1.82, 2.24) is 0 Å². The number of hydrogen-bond acceptors (Lipinski definition) is 0. The van der Waals surface area contributed by atoms with E-state index in [0.29, 0.717) is 0 Å². The second-order valence-electron chi connectivity index (χ2n) is 4.57. The molecule has 2 aliphatic rings. The summed E-state index contributed by atoms with van der Waals surface area (Å²) in [4.78, 5) is 0. The molecule has 0 aromatic carbocycles. The van der Waals surface area contributed by atoms with Gasteiger partial charge in [0.05, 0.1) is 0 Å². The zero-order chi connectivity index (χ0) is 7.84. The van der Waals surface area contributed by atoms with Crippen molar-refractivity contribution < 1.29 is 0 Å². The highest BCUT2D eigenvalue weighted by Crippen LogP contribution is 2.56. The summed E-state index contributed by atoms with van der Waals surface area (Å²) in [6.45, 7) is 4.81. The van der Waals surface area contributed by atoms with E-state index in [1.165, 1.54) is 19.3 Å². The lowest BCUT2D eigenvalue weighted by Gasteiger charge is -2.47. The fourth-order valence-electron chi connectivity index (χ4n) is 3.57. The molecule has 0 bridgehead atoms. The van der Waals surface area contributed by atoms with E-state index in [2.05, 4.69) is 13.8 Å². The van der Waals surface area contributed by atoms with E-state index >= 15 is 0 Å². The Hall–Kier alpha value is 0. The third kappa shape index (κ3) is 1.02. The van der Waals surface area contributed by atoms with E-state index in [0.717, 1.165) is 23.7 Å². The van der Waals surface area contributed by atoms with Crippen LogP contribution in [0.2, 0.25) is 0 Å². The SMILES string of the molecule is CCCC1C(C)C2CCCC12. The fraction of sp³-hybridized carbons (Fsp3) is 1.00. The Morgan fingerprint density at radius 3 is 2.64 bits per heavy atom. The normalized spacial score (nSPS) is 48.5. The van der Waals surface area contributed by atoms with Gasteiger partial charge in [-0.1, -0.05) is 33.1 Å². The minimum Gasteiger partial charge on any atom is -0.0654 e. The lowest BCUT2D eigenvalue weighted by Crippen LogP contribution is -2.41. The molecular formula is C11H20. The lowest BCUT2D eigenvalue weighted by atomic mass is 9.58. The van der Waals surface area contributed by atoms with Gasteiger partial charge in [-0.2, -0.15) is 0 Å². The van der Waals surface area contributed by atoms with E-state index in [4.69, 9.17) is 0 Å². The Bertz CT molecular complexity index is 139. The number of rotatable bonds is 2. The first kappa shape index (κ1) is 7.64. The van der Waals surface area contributed by atoms with E-state index in [1.807, 2.05) is 0 Å². The molecule has 0 aromatic rings. The van der Waals surface area contributed by atoms with Crippen molar-refractivity contribution in [3.63, 3.8) is 0 Å². The molecule has 4 unspecified atom stereocenters. The second-order valence-corrected chi connectivity index (χ2v) is 4.57. The third-order valence-electron chi connectivity index (χ3n) is 4.15. The highest BCUT2D eigenvalue weighted by molar-refractivity contribution is 4.97. The second kappa shape index (κ2) is 2.80. The number of fused-ring (bicyclic) bond motifs is 1. The van der Waals surface area contributed by atoms with Gasteiger partial charge in [0.15, 0.2) is 0 Å². The maximum Gasteiger partial charge on any atom is -0.0352 e. The molecular weight excluding hydrogens is 132 g/mol. The van der Waals surface area contributed by atoms with Gasteiger partial charge in [0.2, 0.25) is 0 Å². The van der Waals surface area contributed by atoms with E-state index in [1.54, 1.807) is 12.8 Å². The highest BCUT2D eigenvalue weighted by Gasteiger charge is 2.48. The van der Waals surface area contributed by atoms with Crippen molar-refractivity contribution in [2.75, 3.05) is 0 Å². The van der Waals surface area contributed by atoms with Crippen LogP contribution in [0, 0.1) is 23.7 Å². The van der Waals surface area contributed by atoms with Crippen LogP contribution in [0.4, 0.5) is 0 Å². The Morgan fingerprint density at radius 2 is 1.91 bits per heavy atom. The molecule has 2 saturated carbocycles. The smallest absolute Gasteiger partial charge is 0.0352 e. The van der Waals surface area contributed by atoms with Gasteiger partial charge >= 0.3 is 0 Å². The third-order valence-corrected chi connectivity index (χ3v) is 4.15. The lowest BCUT2D eigenvalue weighted by molar-refractivity contribution is 0.00924. The fourth-order valence-corrected chi connectivity index (χ4v) is 3.57. The average Bonchev–Trinajstić information content (AvgIpc) is 2.44. The van der Waals surface area contributed by atoms with E-state index in [9.17, 15) is 0 Å². The van der Waals surface area contributed by atoms with Crippen LogP contribution in [0.25, 0.3) is 0 Å². The van der Waals surface area contributed by atoms with Crippen molar-refractivity contribution in [2.45, 2.75) is 46.0 Å². The first-order chi connectivity index (χ1) is 5.34. The Labute approximate surface area is 70.4 Å². The molecule has 2 rings (SSSR count). The summed E-state index contributed by atoms with van der Waals surface area (Å²) >= 11 is 0. The van der Waals surface area contributed by atoms with Gasteiger partial charge in [-0.05, 0) is 36.5 Å². The Kier molecular flexibility index (Phi) is 1.95. The van der Waals surface area contributed by atoms with Crippen LogP contribution in [0.5, 0.6) is 0 Å². The molecule has 0 N–H and O–H groups in total. The molecule has 2 fully saturated rings. The Balaban J connectivity index is 1.92. The summed E-state index contributed by atoms with van der Waals surface area (Å²) in [6, 6.07) is 0. The summed E-state index contributed by atoms with van der Waals surface area (Å²) in [6.07, 6.45) is 7.53. The average molecular weight is 152 g/mol. The zero-order valence-electron chi connectivity index (χ0n) is 7.84. The highest BCUT2D eigenvalue weighted by atomic mass is 14.5. The van der Waals surface area contributed by atoms with Crippen molar-refractivity contribution >= 4 is 0 Å². The van der Waals surface area contributed by atoms with Gasteiger partial charge < -0.3 is 0 Å². The van der Waals surface area contributed by atoms with Gasteiger partial charge in [-0.3, -0.25) is 0 Å². The summed E-state index contributed by atoms with van der Waals surface area (Å²) in [5.74, 6) is 4.49. The van der Waals surface area contributed by atoms with Crippen molar-refractivity contribution in [1.29, 1.82) is 0 Å². The Morgan fingerprint density at radius 1 is 1.18 bits per heavy atom. The number of hydrogen-bond donors (Lipinski definition) is 0. The van der Waals surface area contributed by atoms with Crippen LogP contribution in [-0.2, 0) is 0 Å². The minimum absolute atomic E-state index is 1.07. The topological polar surface area (TPSA) is 0 Å². The predicted molar refractivity (Wildman–Crippen MR) is 48.4 cm³/mol. The van der Waals surface area contributed by atoms with Crippen molar-refractivity contribution in [2.24, 2.45) is 23.7 Å². The molecule has 0 aromatic heterocycles. The van der Waals surface area contributed by atoms with Crippen molar-refractivity contribution in [3.05, 3.63) is 0 Å².